The van der Waals surface area contributed by atoms with Crippen molar-refractivity contribution in [2.75, 3.05) is 0 Å². The lowest BCUT2D eigenvalue weighted by molar-refractivity contribution is 1.63. The zero-order valence-electron chi connectivity index (χ0n) is 22.4. The largest absolute Gasteiger partial charge is 0.140 e. The molecule has 0 spiro atoms. The van der Waals surface area contributed by atoms with Gasteiger partial charge in [0.25, 0.3) is 0 Å². The van der Waals surface area contributed by atoms with Crippen LogP contribution in [0.1, 0.15) is 9.75 Å². The van der Waals surface area contributed by atoms with E-state index in [4.69, 9.17) is 0 Å². The third kappa shape index (κ3) is 3.64. The minimum atomic E-state index is 1.25. The molecule has 0 amide bonds. The summed E-state index contributed by atoms with van der Waals surface area (Å²) in [7, 11) is 0. The molecule has 2 aromatic heterocycles. The number of rotatable bonds is 3. The fourth-order valence-corrected chi connectivity index (χ4v) is 8.50. The van der Waals surface area contributed by atoms with Crippen LogP contribution in [0.5, 0.6) is 0 Å². The number of aryl methyl sites for hydroxylation is 2. The first-order chi connectivity index (χ1) is 19.7. The van der Waals surface area contributed by atoms with E-state index < -0.39 is 0 Å². The number of hydrogen-bond donors (Lipinski definition) is 0. The predicted molar refractivity (Wildman–Crippen MR) is 178 cm³/mol. The van der Waals surface area contributed by atoms with Crippen molar-refractivity contribution in [1.82, 2.24) is 0 Å². The summed E-state index contributed by atoms with van der Waals surface area (Å²) in [6.07, 6.45) is 0. The van der Waals surface area contributed by atoms with Crippen LogP contribution in [0.4, 0.5) is 0 Å². The highest BCUT2D eigenvalue weighted by Crippen LogP contribution is 2.50. The molecule has 0 unspecified atom stereocenters. The van der Waals surface area contributed by atoms with Gasteiger partial charge in [-0.25, -0.2) is 0 Å². The van der Waals surface area contributed by atoms with Crippen LogP contribution in [0.3, 0.4) is 0 Å². The fourth-order valence-electron chi connectivity index (χ4n) is 6.31. The molecule has 2 heteroatoms. The first kappa shape index (κ1) is 23.6. The highest BCUT2D eigenvalue weighted by Gasteiger charge is 2.21. The van der Waals surface area contributed by atoms with E-state index in [1.54, 1.807) is 0 Å². The number of thiophene rings is 2. The van der Waals surface area contributed by atoms with Gasteiger partial charge in [0.05, 0.1) is 0 Å². The molecule has 6 aromatic carbocycles. The van der Waals surface area contributed by atoms with E-state index in [0.717, 1.165) is 0 Å². The third-order valence-electron chi connectivity index (χ3n) is 8.04. The second-order valence-corrected chi connectivity index (χ2v) is 13.1. The summed E-state index contributed by atoms with van der Waals surface area (Å²) >= 11 is 3.84. The van der Waals surface area contributed by atoms with Gasteiger partial charge in [-0.1, -0.05) is 109 Å². The first-order valence-corrected chi connectivity index (χ1v) is 15.3. The van der Waals surface area contributed by atoms with Gasteiger partial charge in [-0.3, -0.25) is 0 Å². The predicted octanol–water partition coefficient (Wildman–Crippen LogP) is 12.0. The molecular weight excluding hydrogens is 521 g/mol. The van der Waals surface area contributed by atoms with Crippen LogP contribution in [0, 0.1) is 13.8 Å². The van der Waals surface area contributed by atoms with Gasteiger partial charge < -0.3 is 0 Å². The van der Waals surface area contributed by atoms with Crippen molar-refractivity contribution in [2.45, 2.75) is 13.8 Å². The Hall–Kier alpha value is -4.24. The van der Waals surface area contributed by atoms with Crippen molar-refractivity contribution in [3.8, 4) is 33.4 Å². The van der Waals surface area contributed by atoms with Crippen molar-refractivity contribution >= 4 is 64.4 Å². The Morgan fingerprint density at radius 1 is 0.400 bits per heavy atom. The summed E-state index contributed by atoms with van der Waals surface area (Å²) < 4.78 is 2.76. The van der Waals surface area contributed by atoms with Crippen LogP contribution in [-0.4, -0.2) is 0 Å². The zero-order chi connectivity index (χ0) is 26.8. The second-order valence-electron chi connectivity index (χ2n) is 10.6. The van der Waals surface area contributed by atoms with Gasteiger partial charge in [0.2, 0.25) is 0 Å². The molecule has 0 saturated heterocycles. The summed E-state index contributed by atoms with van der Waals surface area (Å²) in [5, 5.41) is 7.90. The van der Waals surface area contributed by atoms with E-state index >= 15 is 0 Å². The molecule has 2 heterocycles. The maximum absolute atomic E-state index is 2.40. The lowest BCUT2D eigenvalue weighted by atomic mass is 9.90. The Kier molecular flexibility index (Phi) is 5.41. The van der Waals surface area contributed by atoms with Gasteiger partial charge in [0, 0.05) is 41.1 Å². The molecule has 0 nitrogen and oxygen atoms in total. The molecule has 0 bridgehead atoms. The fraction of sp³-hybridized carbons (Fsp3) is 0.0526. The topological polar surface area (TPSA) is 0 Å². The quantitative estimate of drug-likeness (QED) is 0.207. The van der Waals surface area contributed by atoms with E-state index in [-0.39, 0.29) is 0 Å². The standard InChI is InChI=1S/C38H26S2/c1-23-21-33-35(28-19-17-27(18-20-28)30-15-7-11-25-9-3-5-13-29(25)30)37-34(22-24(2)39-37)36(38(33)40-23)32-16-8-12-26-10-4-6-14-31(26)32/h3-22H,1-2H3. The normalized spacial score (nSPS) is 11.8. The monoisotopic (exact) mass is 546 g/mol. The highest BCUT2D eigenvalue weighted by atomic mass is 32.1. The maximum Gasteiger partial charge on any atom is 0.0437 e. The van der Waals surface area contributed by atoms with E-state index in [2.05, 4.69) is 135 Å². The van der Waals surface area contributed by atoms with Crippen molar-refractivity contribution in [2.24, 2.45) is 0 Å². The van der Waals surface area contributed by atoms with Crippen LogP contribution in [0.15, 0.2) is 121 Å². The average Bonchev–Trinajstić information content (AvgIpc) is 3.56. The molecule has 8 rings (SSSR count). The smallest absolute Gasteiger partial charge is 0.0437 e. The number of hydrogen-bond acceptors (Lipinski definition) is 2. The number of benzene rings is 6. The molecule has 190 valence electrons. The van der Waals surface area contributed by atoms with Gasteiger partial charge in [-0.2, -0.15) is 0 Å². The summed E-state index contributed by atoms with van der Waals surface area (Å²) in [6, 6.07) is 44.8. The maximum atomic E-state index is 2.40. The van der Waals surface area contributed by atoms with E-state index in [1.165, 1.54) is 84.9 Å². The molecule has 0 aliphatic carbocycles. The molecule has 40 heavy (non-hydrogen) atoms. The van der Waals surface area contributed by atoms with Crippen molar-refractivity contribution in [3.63, 3.8) is 0 Å². The van der Waals surface area contributed by atoms with Crippen LogP contribution in [0.25, 0.3) is 75.1 Å². The summed E-state index contributed by atoms with van der Waals surface area (Å²) in [6.45, 7) is 4.48. The zero-order valence-corrected chi connectivity index (χ0v) is 24.0. The number of fused-ring (bicyclic) bond motifs is 4. The first-order valence-electron chi connectivity index (χ1n) is 13.7. The van der Waals surface area contributed by atoms with Crippen molar-refractivity contribution < 1.29 is 0 Å². The van der Waals surface area contributed by atoms with E-state index in [0.29, 0.717) is 0 Å². The lowest BCUT2D eigenvalue weighted by Gasteiger charge is -2.14. The minimum Gasteiger partial charge on any atom is -0.140 e. The van der Waals surface area contributed by atoms with Gasteiger partial charge in [0.1, 0.15) is 0 Å². The van der Waals surface area contributed by atoms with Gasteiger partial charge in [-0.05, 0) is 69.8 Å². The van der Waals surface area contributed by atoms with Gasteiger partial charge in [-0.15, -0.1) is 22.7 Å². The molecule has 0 atom stereocenters. The summed E-state index contributed by atoms with van der Waals surface area (Å²) in [4.78, 5) is 2.69. The van der Waals surface area contributed by atoms with Crippen molar-refractivity contribution in [1.29, 1.82) is 0 Å². The van der Waals surface area contributed by atoms with Gasteiger partial charge >= 0.3 is 0 Å². The van der Waals surface area contributed by atoms with Crippen LogP contribution in [0.2, 0.25) is 0 Å². The Bertz CT molecular complexity index is 2160. The Labute approximate surface area is 241 Å². The lowest BCUT2D eigenvalue weighted by Crippen LogP contribution is -1.87. The van der Waals surface area contributed by atoms with Crippen LogP contribution < -0.4 is 0 Å². The molecule has 0 aliphatic rings. The SMILES string of the molecule is Cc1cc2c(-c3cccc4ccccc34)c3sc(C)cc3c(-c3ccc(-c4cccc5ccccc45)cc3)c2s1. The molecule has 0 N–H and O–H groups in total. The summed E-state index contributed by atoms with van der Waals surface area (Å²) in [5.74, 6) is 0. The highest BCUT2D eigenvalue weighted by molar-refractivity contribution is 7.22. The van der Waals surface area contributed by atoms with Crippen molar-refractivity contribution in [3.05, 3.63) is 131 Å². The van der Waals surface area contributed by atoms with E-state index in [9.17, 15) is 0 Å². The Morgan fingerprint density at radius 2 is 0.875 bits per heavy atom. The molecule has 0 radical (unpaired) electrons. The Balaban J connectivity index is 1.39. The molecule has 0 aliphatic heterocycles. The molecule has 0 fully saturated rings. The molecule has 8 aromatic rings. The molecular formula is C38H26S2. The minimum absolute atomic E-state index is 1.25. The van der Waals surface area contributed by atoms with E-state index in [1.807, 2.05) is 22.7 Å². The second kappa shape index (κ2) is 9.16. The summed E-state index contributed by atoms with van der Waals surface area (Å²) in [5.41, 5.74) is 7.88. The van der Waals surface area contributed by atoms with Crippen LogP contribution in [-0.2, 0) is 0 Å². The van der Waals surface area contributed by atoms with Crippen LogP contribution >= 0.6 is 22.7 Å². The molecule has 0 saturated carbocycles. The average molecular weight is 547 g/mol. The Morgan fingerprint density at radius 3 is 1.52 bits per heavy atom. The van der Waals surface area contributed by atoms with Gasteiger partial charge in [0.15, 0.2) is 0 Å². The third-order valence-corrected chi connectivity index (χ3v) is 10.2.